The second kappa shape index (κ2) is 6.07. The SMILES string of the molecule is Cc1cccc(OCC(N)(CO)c2ccccc2)c1C. The van der Waals surface area contributed by atoms with E-state index in [1.807, 2.05) is 62.4 Å². The maximum Gasteiger partial charge on any atom is 0.122 e. The summed E-state index contributed by atoms with van der Waals surface area (Å²) in [6, 6.07) is 15.5. The highest BCUT2D eigenvalue weighted by molar-refractivity contribution is 5.38. The first-order valence-electron chi connectivity index (χ1n) is 6.71. The molecule has 0 spiro atoms. The summed E-state index contributed by atoms with van der Waals surface area (Å²) in [5.74, 6) is 0.809. The third-order valence-electron chi connectivity index (χ3n) is 3.67. The molecule has 0 heterocycles. The van der Waals surface area contributed by atoms with Gasteiger partial charge in [-0.2, -0.15) is 0 Å². The summed E-state index contributed by atoms with van der Waals surface area (Å²) in [6.07, 6.45) is 0. The second-order valence-electron chi connectivity index (χ2n) is 5.17. The number of aliphatic hydroxyl groups is 1. The fraction of sp³-hybridized carbons (Fsp3) is 0.294. The fourth-order valence-corrected chi connectivity index (χ4v) is 2.08. The fourth-order valence-electron chi connectivity index (χ4n) is 2.08. The standard InChI is InChI=1S/C17H21NO2/c1-13-7-6-10-16(14(13)2)20-12-17(18,11-19)15-8-4-3-5-9-15/h3-10,19H,11-12,18H2,1-2H3. The van der Waals surface area contributed by atoms with Gasteiger partial charge in [0.25, 0.3) is 0 Å². The summed E-state index contributed by atoms with van der Waals surface area (Å²) < 4.78 is 5.84. The van der Waals surface area contributed by atoms with Gasteiger partial charge in [-0.05, 0) is 36.6 Å². The zero-order chi connectivity index (χ0) is 14.6. The lowest BCUT2D eigenvalue weighted by atomic mass is 9.93. The van der Waals surface area contributed by atoms with E-state index >= 15 is 0 Å². The molecule has 20 heavy (non-hydrogen) atoms. The molecule has 0 fully saturated rings. The Labute approximate surface area is 120 Å². The van der Waals surface area contributed by atoms with Crippen LogP contribution in [0.2, 0.25) is 0 Å². The van der Waals surface area contributed by atoms with Gasteiger partial charge in [0.1, 0.15) is 12.4 Å². The number of ether oxygens (including phenoxy) is 1. The molecular formula is C17H21NO2. The predicted molar refractivity (Wildman–Crippen MR) is 80.8 cm³/mol. The van der Waals surface area contributed by atoms with Crippen LogP contribution < -0.4 is 10.5 Å². The summed E-state index contributed by atoms with van der Waals surface area (Å²) in [5, 5.41) is 9.64. The van der Waals surface area contributed by atoms with Crippen molar-refractivity contribution in [3.8, 4) is 5.75 Å². The minimum Gasteiger partial charge on any atom is -0.491 e. The first kappa shape index (κ1) is 14.6. The molecule has 1 unspecified atom stereocenters. The lowest BCUT2D eigenvalue weighted by Crippen LogP contribution is -2.46. The number of hydrogen-bond donors (Lipinski definition) is 2. The first-order valence-corrected chi connectivity index (χ1v) is 6.71. The summed E-state index contributed by atoms with van der Waals surface area (Å²) in [5.41, 5.74) is 8.53. The number of aryl methyl sites for hydroxylation is 1. The molecule has 2 rings (SSSR count). The highest BCUT2D eigenvalue weighted by Gasteiger charge is 2.27. The van der Waals surface area contributed by atoms with Crippen LogP contribution in [0.4, 0.5) is 0 Å². The van der Waals surface area contributed by atoms with Crippen LogP contribution in [0.1, 0.15) is 16.7 Å². The Hall–Kier alpha value is -1.84. The second-order valence-corrected chi connectivity index (χ2v) is 5.17. The van der Waals surface area contributed by atoms with Crippen LogP contribution >= 0.6 is 0 Å². The quantitative estimate of drug-likeness (QED) is 0.878. The third-order valence-corrected chi connectivity index (χ3v) is 3.67. The van der Waals surface area contributed by atoms with Gasteiger partial charge in [0.05, 0.1) is 12.1 Å². The van der Waals surface area contributed by atoms with Crippen LogP contribution in [-0.2, 0) is 5.54 Å². The lowest BCUT2D eigenvalue weighted by Gasteiger charge is -2.28. The van der Waals surface area contributed by atoms with E-state index in [2.05, 4.69) is 0 Å². The zero-order valence-corrected chi connectivity index (χ0v) is 12.0. The molecule has 0 aliphatic rings. The van der Waals surface area contributed by atoms with E-state index in [0.717, 1.165) is 16.9 Å². The molecule has 0 amide bonds. The molecule has 0 radical (unpaired) electrons. The van der Waals surface area contributed by atoms with Gasteiger partial charge in [-0.15, -0.1) is 0 Å². The average molecular weight is 271 g/mol. The Morgan fingerprint density at radius 1 is 1.05 bits per heavy atom. The number of hydrogen-bond acceptors (Lipinski definition) is 3. The van der Waals surface area contributed by atoms with E-state index in [9.17, 15) is 5.11 Å². The number of nitrogens with two attached hydrogens (primary N) is 1. The Balaban J connectivity index is 2.17. The highest BCUT2D eigenvalue weighted by atomic mass is 16.5. The van der Waals surface area contributed by atoms with E-state index in [4.69, 9.17) is 10.5 Å². The first-order chi connectivity index (χ1) is 9.57. The molecule has 3 heteroatoms. The molecule has 106 valence electrons. The van der Waals surface area contributed by atoms with Gasteiger partial charge in [0.2, 0.25) is 0 Å². The van der Waals surface area contributed by atoms with E-state index in [-0.39, 0.29) is 13.2 Å². The van der Waals surface area contributed by atoms with Gasteiger partial charge >= 0.3 is 0 Å². The van der Waals surface area contributed by atoms with Gasteiger partial charge in [-0.1, -0.05) is 42.5 Å². The summed E-state index contributed by atoms with van der Waals surface area (Å²) >= 11 is 0. The maximum atomic E-state index is 9.64. The van der Waals surface area contributed by atoms with Crippen molar-refractivity contribution in [1.82, 2.24) is 0 Å². The van der Waals surface area contributed by atoms with Gasteiger partial charge in [0.15, 0.2) is 0 Å². The van der Waals surface area contributed by atoms with Crippen molar-refractivity contribution in [1.29, 1.82) is 0 Å². The molecular weight excluding hydrogens is 250 g/mol. The Morgan fingerprint density at radius 3 is 2.40 bits per heavy atom. The van der Waals surface area contributed by atoms with Crippen molar-refractivity contribution >= 4 is 0 Å². The number of aliphatic hydroxyl groups excluding tert-OH is 1. The Kier molecular flexibility index (Phi) is 4.42. The van der Waals surface area contributed by atoms with Crippen molar-refractivity contribution in [2.24, 2.45) is 5.73 Å². The van der Waals surface area contributed by atoms with Crippen LogP contribution in [0.5, 0.6) is 5.75 Å². The number of benzene rings is 2. The topological polar surface area (TPSA) is 55.5 Å². The van der Waals surface area contributed by atoms with Crippen LogP contribution in [-0.4, -0.2) is 18.3 Å². The average Bonchev–Trinajstić information content (AvgIpc) is 2.49. The van der Waals surface area contributed by atoms with Crippen LogP contribution in [0.25, 0.3) is 0 Å². The third kappa shape index (κ3) is 3.00. The van der Waals surface area contributed by atoms with Gasteiger partial charge in [0, 0.05) is 0 Å². The molecule has 0 aliphatic heterocycles. The molecule has 1 atom stereocenters. The van der Waals surface area contributed by atoms with E-state index in [0.29, 0.717) is 0 Å². The highest BCUT2D eigenvalue weighted by Crippen LogP contribution is 2.24. The molecule has 0 saturated heterocycles. The molecule has 0 bridgehead atoms. The largest absolute Gasteiger partial charge is 0.491 e. The normalized spacial score (nSPS) is 13.8. The molecule has 3 nitrogen and oxygen atoms in total. The Morgan fingerprint density at radius 2 is 1.75 bits per heavy atom. The minimum atomic E-state index is -0.891. The molecule has 0 aromatic heterocycles. The van der Waals surface area contributed by atoms with Gasteiger partial charge in [-0.25, -0.2) is 0 Å². The van der Waals surface area contributed by atoms with Crippen LogP contribution in [0.3, 0.4) is 0 Å². The van der Waals surface area contributed by atoms with Crippen LogP contribution in [0.15, 0.2) is 48.5 Å². The monoisotopic (exact) mass is 271 g/mol. The van der Waals surface area contributed by atoms with Crippen molar-refractivity contribution in [2.45, 2.75) is 19.4 Å². The van der Waals surface area contributed by atoms with Crippen LogP contribution in [0, 0.1) is 13.8 Å². The van der Waals surface area contributed by atoms with Crippen molar-refractivity contribution in [3.05, 3.63) is 65.2 Å². The van der Waals surface area contributed by atoms with E-state index in [1.54, 1.807) is 0 Å². The zero-order valence-electron chi connectivity index (χ0n) is 12.0. The maximum absolute atomic E-state index is 9.64. The number of rotatable bonds is 5. The van der Waals surface area contributed by atoms with Crippen molar-refractivity contribution < 1.29 is 9.84 Å². The molecule has 0 saturated carbocycles. The summed E-state index contributed by atoms with van der Waals surface area (Å²) in [6.45, 7) is 4.13. The summed E-state index contributed by atoms with van der Waals surface area (Å²) in [7, 11) is 0. The van der Waals surface area contributed by atoms with Gasteiger partial charge in [-0.3, -0.25) is 0 Å². The predicted octanol–water partition coefficient (Wildman–Crippen LogP) is 2.53. The van der Waals surface area contributed by atoms with Crippen molar-refractivity contribution in [2.75, 3.05) is 13.2 Å². The molecule has 3 N–H and O–H groups in total. The van der Waals surface area contributed by atoms with E-state index < -0.39 is 5.54 Å². The minimum absolute atomic E-state index is 0.165. The lowest BCUT2D eigenvalue weighted by molar-refractivity contribution is 0.132. The summed E-state index contributed by atoms with van der Waals surface area (Å²) in [4.78, 5) is 0. The molecule has 0 aliphatic carbocycles. The smallest absolute Gasteiger partial charge is 0.122 e. The van der Waals surface area contributed by atoms with E-state index in [1.165, 1.54) is 5.56 Å². The Bertz CT molecular complexity index is 568. The van der Waals surface area contributed by atoms with Crippen molar-refractivity contribution in [3.63, 3.8) is 0 Å². The molecule has 2 aromatic carbocycles. The molecule has 2 aromatic rings. The van der Waals surface area contributed by atoms with Gasteiger partial charge < -0.3 is 15.6 Å².